The monoisotopic (exact) mass is 316 g/mol. The molecule has 1 unspecified atom stereocenters. The summed E-state index contributed by atoms with van der Waals surface area (Å²) in [6.07, 6.45) is 0.376. The number of anilines is 1. The number of β-amino-alcohol motifs (C(OH)–C–C–N with tert-alkyl or cyclic N) is 1. The molecule has 9 nitrogen and oxygen atoms in total. The van der Waals surface area contributed by atoms with E-state index >= 15 is 0 Å². The molecule has 0 spiro atoms. The Kier molecular flexibility index (Phi) is 4.42. The molecule has 1 heterocycles. The molecular formula is C11H16N4O5S. The van der Waals surface area contributed by atoms with Crippen LogP contribution in [0.1, 0.15) is 12.8 Å². The molecule has 0 bridgehead atoms. The standard InChI is InChI=1S/C11H16N4O5S/c12-13-10-4-3-9(6-11(10)15(17)18)21(19,20)14-5-1-2-8(16)7-14/h3-4,6,8,13,16H,1-2,5,7,12H2. The molecule has 0 amide bonds. The number of nitrogen functional groups attached to an aromatic ring is 1. The van der Waals surface area contributed by atoms with Gasteiger partial charge in [0, 0.05) is 19.2 Å². The molecule has 0 saturated carbocycles. The number of nitrogens with two attached hydrogens (primary N) is 1. The van der Waals surface area contributed by atoms with Gasteiger partial charge in [-0.2, -0.15) is 4.31 Å². The number of hydrogen-bond acceptors (Lipinski definition) is 7. The average molecular weight is 316 g/mol. The number of hydrazine groups is 1. The molecule has 1 fully saturated rings. The van der Waals surface area contributed by atoms with Gasteiger partial charge in [-0.15, -0.1) is 0 Å². The fourth-order valence-electron chi connectivity index (χ4n) is 2.23. The number of aliphatic hydroxyl groups excluding tert-OH is 1. The number of sulfonamides is 1. The van der Waals surface area contributed by atoms with E-state index < -0.39 is 26.7 Å². The van der Waals surface area contributed by atoms with E-state index in [1.54, 1.807) is 0 Å². The van der Waals surface area contributed by atoms with Crippen LogP contribution in [0.3, 0.4) is 0 Å². The van der Waals surface area contributed by atoms with Crippen molar-refractivity contribution in [1.82, 2.24) is 4.31 Å². The third-order valence-corrected chi connectivity index (χ3v) is 5.18. The Balaban J connectivity index is 2.40. The third-order valence-electron chi connectivity index (χ3n) is 3.32. The van der Waals surface area contributed by atoms with Crippen molar-refractivity contribution >= 4 is 21.4 Å². The summed E-state index contributed by atoms with van der Waals surface area (Å²) in [7, 11) is -3.88. The summed E-state index contributed by atoms with van der Waals surface area (Å²) >= 11 is 0. The van der Waals surface area contributed by atoms with Gasteiger partial charge < -0.3 is 10.5 Å². The van der Waals surface area contributed by atoms with Gasteiger partial charge >= 0.3 is 0 Å². The van der Waals surface area contributed by atoms with Crippen LogP contribution in [0, 0.1) is 10.1 Å². The first kappa shape index (κ1) is 15.6. The van der Waals surface area contributed by atoms with Crippen LogP contribution in [0.5, 0.6) is 0 Å². The Bertz CT molecular complexity index is 648. The van der Waals surface area contributed by atoms with E-state index in [9.17, 15) is 23.6 Å². The van der Waals surface area contributed by atoms with E-state index in [4.69, 9.17) is 5.84 Å². The molecule has 1 atom stereocenters. The third kappa shape index (κ3) is 3.13. The van der Waals surface area contributed by atoms with E-state index in [0.717, 1.165) is 10.4 Å². The zero-order chi connectivity index (χ0) is 15.6. The maximum atomic E-state index is 12.4. The molecule has 116 valence electrons. The maximum absolute atomic E-state index is 12.4. The van der Waals surface area contributed by atoms with Crippen molar-refractivity contribution < 1.29 is 18.4 Å². The fourth-order valence-corrected chi connectivity index (χ4v) is 3.77. The zero-order valence-corrected chi connectivity index (χ0v) is 11.9. The van der Waals surface area contributed by atoms with Crippen LogP contribution in [-0.2, 0) is 10.0 Å². The number of rotatable bonds is 4. The van der Waals surface area contributed by atoms with E-state index in [1.807, 2.05) is 0 Å². The van der Waals surface area contributed by atoms with Gasteiger partial charge in [-0.3, -0.25) is 16.0 Å². The lowest BCUT2D eigenvalue weighted by molar-refractivity contribution is -0.384. The van der Waals surface area contributed by atoms with Crippen LogP contribution in [-0.4, -0.2) is 41.9 Å². The quantitative estimate of drug-likeness (QED) is 0.404. The zero-order valence-electron chi connectivity index (χ0n) is 11.1. The largest absolute Gasteiger partial charge is 0.392 e. The molecule has 2 rings (SSSR count). The SMILES string of the molecule is NNc1ccc(S(=O)(=O)N2CCCC(O)C2)cc1[N+](=O)[O-]. The van der Waals surface area contributed by atoms with E-state index in [1.165, 1.54) is 12.1 Å². The minimum absolute atomic E-state index is 0.00692. The predicted octanol–water partition coefficient (Wildman–Crippen LogP) is 0.0258. The molecule has 0 radical (unpaired) electrons. The highest BCUT2D eigenvalue weighted by molar-refractivity contribution is 7.89. The van der Waals surface area contributed by atoms with E-state index in [2.05, 4.69) is 5.43 Å². The molecule has 0 aliphatic carbocycles. The van der Waals surface area contributed by atoms with Gasteiger partial charge in [-0.1, -0.05) is 0 Å². The Morgan fingerprint density at radius 3 is 2.76 bits per heavy atom. The Hall–Kier alpha value is -1.75. The van der Waals surface area contributed by atoms with Gasteiger partial charge in [0.1, 0.15) is 5.69 Å². The lowest BCUT2D eigenvalue weighted by atomic mass is 10.1. The summed E-state index contributed by atoms with van der Waals surface area (Å²) in [5.74, 6) is 5.16. The Morgan fingerprint density at radius 2 is 2.19 bits per heavy atom. The Labute approximate surface area is 121 Å². The molecule has 1 saturated heterocycles. The minimum Gasteiger partial charge on any atom is -0.392 e. The highest BCUT2D eigenvalue weighted by Gasteiger charge is 2.31. The van der Waals surface area contributed by atoms with Crippen LogP contribution in [0.25, 0.3) is 0 Å². The maximum Gasteiger partial charge on any atom is 0.294 e. The van der Waals surface area contributed by atoms with Crippen LogP contribution in [0.2, 0.25) is 0 Å². The number of hydrogen-bond donors (Lipinski definition) is 3. The van der Waals surface area contributed by atoms with Gasteiger partial charge in [-0.05, 0) is 25.0 Å². The molecule has 21 heavy (non-hydrogen) atoms. The first-order valence-corrected chi connectivity index (χ1v) is 7.73. The predicted molar refractivity (Wildman–Crippen MR) is 74.9 cm³/mol. The van der Waals surface area contributed by atoms with Gasteiger partial charge in [0.05, 0.1) is 15.9 Å². The topological polar surface area (TPSA) is 139 Å². The smallest absolute Gasteiger partial charge is 0.294 e. The van der Waals surface area contributed by atoms with E-state index in [-0.39, 0.29) is 23.7 Å². The molecular weight excluding hydrogens is 300 g/mol. The van der Waals surface area contributed by atoms with Crippen molar-refractivity contribution in [3.63, 3.8) is 0 Å². The highest BCUT2D eigenvalue weighted by Crippen LogP contribution is 2.29. The Morgan fingerprint density at radius 1 is 1.48 bits per heavy atom. The van der Waals surface area contributed by atoms with Gasteiger partial charge in [-0.25, -0.2) is 8.42 Å². The summed E-state index contributed by atoms with van der Waals surface area (Å²) in [6, 6.07) is 3.45. The number of nitro groups is 1. The summed E-state index contributed by atoms with van der Waals surface area (Å²) in [4.78, 5) is 10.0. The van der Waals surface area contributed by atoms with Crippen molar-refractivity contribution in [1.29, 1.82) is 0 Å². The molecule has 0 aromatic heterocycles. The molecule has 1 aromatic rings. The minimum atomic E-state index is -3.88. The summed E-state index contributed by atoms with van der Waals surface area (Å²) in [5.41, 5.74) is 1.76. The molecule has 1 aliphatic rings. The number of nitrogens with one attached hydrogen (secondary N) is 1. The number of benzene rings is 1. The van der Waals surface area contributed by atoms with Crippen molar-refractivity contribution in [2.75, 3.05) is 18.5 Å². The van der Waals surface area contributed by atoms with E-state index in [0.29, 0.717) is 12.8 Å². The first-order chi connectivity index (χ1) is 9.86. The summed E-state index contributed by atoms with van der Waals surface area (Å²) in [6.45, 7) is 0.275. The van der Waals surface area contributed by atoms with Gasteiger partial charge in [0.2, 0.25) is 10.0 Å². The lowest BCUT2D eigenvalue weighted by Crippen LogP contribution is -2.42. The van der Waals surface area contributed by atoms with Crippen LogP contribution >= 0.6 is 0 Å². The van der Waals surface area contributed by atoms with Crippen molar-refractivity contribution in [3.05, 3.63) is 28.3 Å². The molecule has 10 heteroatoms. The van der Waals surface area contributed by atoms with Crippen molar-refractivity contribution in [3.8, 4) is 0 Å². The van der Waals surface area contributed by atoms with Crippen LogP contribution in [0.15, 0.2) is 23.1 Å². The number of aliphatic hydroxyl groups is 1. The second kappa shape index (κ2) is 5.93. The highest BCUT2D eigenvalue weighted by atomic mass is 32.2. The normalized spacial score (nSPS) is 20.2. The molecule has 1 aromatic carbocycles. The number of nitrogens with zero attached hydrogens (tertiary/aromatic N) is 2. The van der Waals surface area contributed by atoms with Gasteiger partial charge in [0.15, 0.2) is 0 Å². The second-order valence-electron chi connectivity index (χ2n) is 4.74. The summed E-state index contributed by atoms with van der Waals surface area (Å²) < 4.78 is 26.0. The van der Waals surface area contributed by atoms with Crippen LogP contribution < -0.4 is 11.3 Å². The average Bonchev–Trinajstić information content (AvgIpc) is 2.46. The summed E-state index contributed by atoms with van der Waals surface area (Å²) in [5, 5.41) is 20.5. The second-order valence-corrected chi connectivity index (χ2v) is 6.68. The van der Waals surface area contributed by atoms with Crippen molar-refractivity contribution in [2.45, 2.75) is 23.8 Å². The number of nitro benzene ring substituents is 1. The lowest BCUT2D eigenvalue weighted by Gasteiger charge is -2.29. The fraction of sp³-hybridized carbons (Fsp3) is 0.455. The molecule has 1 aliphatic heterocycles. The first-order valence-electron chi connectivity index (χ1n) is 6.29. The van der Waals surface area contributed by atoms with Gasteiger partial charge in [0.25, 0.3) is 5.69 Å². The van der Waals surface area contributed by atoms with Crippen LogP contribution in [0.4, 0.5) is 11.4 Å². The molecule has 4 N–H and O–H groups in total. The van der Waals surface area contributed by atoms with Crippen molar-refractivity contribution in [2.24, 2.45) is 5.84 Å². The number of piperidine rings is 1.